The van der Waals surface area contributed by atoms with Gasteiger partial charge in [-0.25, -0.2) is 0 Å². The zero-order valence-electron chi connectivity index (χ0n) is 11.0. The van der Waals surface area contributed by atoms with Gasteiger partial charge in [0.2, 0.25) is 0 Å². The molecule has 0 heterocycles. The number of hydrogen-bond acceptors (Lipinski definition) is 2. The molecule has 1 aromatic rings. The van der Waals surface area contributed by atoms with Gasteiger partial charge in [0.25, 0.3) is 0 Å². The van der Waals surface area contributed by atoms with Gasteiger partial charge in [0.15, 0.2) is 0 Å². The summed E-state index contributed by atoms with van der Waals surface area (Å²) < 4.78 is 0. The van der Waals surface area contributed by atoms with Crippen LogP contribution in [-0.4, -0.2) is 20.1 Å². The lowest BCUT2D eigenvalue weighted by Gasteiger charge is -2.27. The number of nitrogens with one attached hydrogen (secondary N) is 1. The van der Waals surface area contributed by atoms with Crippen LogP contribution in [0.25, 0.3) is 0 Å². The highest BCUT2D eigenvalue weighted by atomic mass is 15.1. The summed E-state index contributed by atoms with van der Waals surface area (Å²) in [5, 5.41) is 3.16. The van der Waals surface area contributed by atoms with Crippen molar-refractivity contribution in [2.45, 2.75) is 39.3 Å². The van der Waals surface area contributed by atoms with Crippen LogP contribution < -0.4 is 10.2 Å². The van der Waals surface area contributed by atoms with Crippen molar-refractivity contribution >= 4 is 5.69 Å². The third-order valence-corrected chi connectivity index (χ3v) is 3.09. The summed E-state index contributed by atoms with van der Waals surface area (Å²) in [5.74, 6) is 0. The molecule has 2 nitrogen and oxygen atoms in total. The van der Waals surface area contributed by atoms with E-state index < -0.39 is 0 Å². The van der Waals surface area contributed by atoms with Gasteiger partial charge in [0.05, 0.1) is 0 Å². The SMILES string of the molecule is CCCC(C)N(C)c1ccc(CNC)cc1. The summed E-state index contributed by atoms with van der Waals surface area (Å²) in [6.45, 7) is 5.46. The minimum absolute atomic E-state index is 0.611. The van der Waals surface area contributed by atoms with E-state index in [0.29, 0.717) is 6.04 Å². The van der Waals surface area contributed by atoms with Crippen molar-refractivity contribution in [3.8, 4) is 0 Å². The predicted molar refractivity (Wildman–Crippen MR) is 72.0 cm³/mol. The van der Waals surface area contributed by atoms with E-state index in [4.69, 9.17) is 0 Å². The Morgan fingerprint density at radius 1 is 1.25 bits per heavy atom. The Balaban J connectivity index is 2.65. The van der Waals surface area contributed by atoms with Crippen LogP contribution in [0.2, 0.25) is 0 Å². The molecule has 1 N–H and O–H groups in total. The van der Waals surface area contributed by atoms with Gasteiger partial charge in [-0.3, -0.25) is 0 Å². The molecule has 0 fully saturated rings. The largest absolute Gasteiger partial charge is 0.372 e. The monoisotopic (exact) mass is 220 g/mol. The standard InChI is InChI=1S/C14H24N2/c1-5-6-12(2)16(4)14-9-7-13(8-10-14)11-15-3/h7-10,12,15H,5-6,11H2,1-4H3. The molecule has 0 aliphatic rings. The van der Waals surface area contributed by atoms with Gasteiger partial charge in [0.1, 0.15) is 0 Å². The van der Waals surface area contributed by atoms with E-state index in [1.165, 1.54) is 24.1 Å². The van der Waals surface area contributed by atoms with Crippen molar-refractivity contribution in [3.63, 3.8) is 0 Å². The van der Waals surface area contributed by atoms with E-state index in [-0.39, 0.29) is 0 Å². The third-order valence-electron chi connectivity index (χ3n) is 3.09. The summed E-state index contributed by atoms with van der Waals surface area (Å²) in [6, 6.07) is 9.42. The Bertz CT molecular complexity index is 292. The van der Waals surface area contributed by atoms with E-state index in [9.17, 15) is 0 Å². The molecule has 0 aliphatic carbocycles. The minimum atomic E-state index is 0.611. The first-order valence-corrected chi connectivity index (χ1v) is 6.15. The van der Waals surface area contributed by atoms with Crippen LogP contribution in [0, 0.1) is 0 Å². The van der Waals surface area contributed by atoms with Crippen LogP contribution in [0.15, 0.2) is 24.3 Å². The second-order valence-electron chi connectivity index (χ2n) is 4.45. The average molecular weight is 220 g/mol. The van der Waals surface area contributed by atoms with E-state index in [2.05, 4.69) is 55.4 Å². The molecule has 90 valence electrons. The summed E-state index contributed by atoms with van der Waals surface area (Å²) in [7, 11) is 4.15. The van der Waals surface area contributed by atoms with E-state index >= 15 is 0 Å². The van der Waals surface area contributed by atoms with Crippen LogP contribution in [0.1, 0.15) is 32.3 Å². The first-order valence-electron chi connectivity index (χ1n) is 6.15. The molecule has 2 heteroatoms. The fraction of sp³-hybridized carbons (Fsp3) is 0.571. The van der Waals surface area contributed by atoms with E-state index in [0.717, 1.165) is 6.54 Å². The molecule has 0 radical (unpaired) electrons. The molecule has 0 aliphatic heterocycles. The second-order valence-corrected chi connectivity index (χ2v) is 4.45. The van der Waals surface area contributed by atoms with E-state index in [1.807, 2.05) is 7.05 Å². The second kappa shape index (κ2) is 6.54. The van der Waals surface area contributed by atoms with Crippen molar-refractivity contribution in [2.75, 3.05) is 19.0 Å². The maximum Gasteiger partial charge on any atom is 0.0366 e. The maximum absolute atomic E-state index is 3.16. The van der Waals surface area contributed by atoms with Gasteiger partial charge in [-0.1, -0.05) is 25.5 Å². The Labute approximate surface area is 99.7 Å². The zero-order chi connectivity index (χ0) is 12.0. The molecule has 0 aromatic heterocycles. The molecular weight excluding hydrogens is 196 g/mol. The Kier molecular flexibility index (Phi) is 5.33. The van der Waals surface area contributed by atoms with Crippen LogP contribution in [-0.2, 0) is 6.54 Å². The Hall–Kier alpha value is -1.02. The number of benzene rings is 1. The lowest BCUT2D eigenvalue weighted by molar-refractivity contribution is 0.616. The Morgan fingerprint density at radius 3 is 2.38 bits per heavy atom. The number of nitrogens with zero attached hydrogens (tertiary/aromatic N) is 1. The predicted octanol–water partition coefficient (Wildman–Crippen LogP) is 3.03. The lowest BCUT2D eigenvalue weighted by Crippen LogP contribution is -2.28. The molecule has 1 atom stereocenters. The number of hydrogen-bond donors (Lipinski definition) is 1. The molecule has 0 spiro atoms. The van der Waals surface area contributed by atoms with Crippen LogP contribution >= 0.6 is 0 Å². The van der Waals surface area contributed by atoms with Gasteiger partial charge in [-0.2, -0.15) is 0 Å². The highest BCUT2D eigenvalue weighted by Gasteiger charge is 2.08. The van der Waals surface area contributed by atoms with Crippen molar-refractivity contribution in [1.82, 2.24) is 5.32 Å². The molecule has 0 saturated heterocycles. The van der Waals surface area contributed by atoms with Gasteiger partial charge in [0, 0.05) is 25.3 Å². The van der Waals surface area contributed by atoms with Gasteiger partial charge < -0.3 is 10.2 Å². The van der Waals surface area contributed by atoms with E-state index in [1.54, 1.807) is 0 Å². The first kappa shape index (κ1) is 13.0. The number of anilines is 1. The molecule has 0 bridgehead atoms. The average Bonchev–Trinajstić information content (AvgIpc) is 2.30. The summed E-state index contributed by atoms with van der Waals surface area (Å²) in [6.07, 6.45) is 2.48. The fourth-order valence-corrected chi connectivity index (χ4v) is 1.92. The molecule has 16 heavy (non-hydrogen) atoms. The van der Waals surface area contributed by atoms with Crippen molar-refractivity contribution in [3.05, 3.63) is 29.8 Å². The van der Waals surface area contributed by atoms with Gasteiger partial charge in [-0.15, -0.1) is 0 Å². The first-order chi connectivity index (χ1) is 7.69. The molecule has 1 aromatic carbocycles. The number of rotatable bonds is 6. The summed E-state index contributed by atoms with van der Waals surface area (Å²) in [4.78, 5) is 2.35. The van der Waals surface area contributed by atoms with Crippen LogP contribution in [0.5, 0.6) is 0 Å². The lowest BCUT2D eigenvalue weighted by atomic mass is 10.1. The minimum Gasteiger partial charge on any atom is -0.372 e. The molecule has 1 rings (SSSR count). The molecule has 0 saturated carbocycles. The van der Waals surface area contributed by atoms with Crippen molar-refractivity contribution < 1.29 is 0 Å². The zero-order valence-corrected chi connectivity index (χ0v) is 11.0. The third kappa shape index (κ3) is 3.53. The smallest absolute Gasteiger partial charge is 0.0366 e. The highest BCUT2D eigenvalue weighted by molar-refractivity contribution is 5.47. The van der Waals surface area contributed by atoms with Gasteiger partial charge in [-0.05, 0) is 38.1 Å². The van der Waals surface area contributed by atoms with Crippen molar-refractivity contribution in [2.24, 2.45) is 0 Å². The van der Waals surface area contributed by atoms with Crippen LogP contribution in [0.3, 0.4) is 0 Å². The highest BCUT2D eigenvalue weighted by Crippen LogP contribution is 2.18. The van der Waals surface area contributed by atoms with Gasteiger partial charge >= 0.3 is 0 Å². The molecule has 0 amide bonds. The van der Waals surface area contributed by atoms with Crippen molar-refractivity contribution in [1.29, 1.82) is 0 Å². The fourth-order valence-electron chi connectivity index (χ4n) is 1.92. The summed E-state index contributed by atoms with van der Waals surface area (Å²) in [5.41, 5.74) is 2.64. The van der Waals surface area contributed by atoms with Crippen LogP contribution in [0.4, 0.5) is 5.69 Å². The molecular formula is C14H24N2. The maximum atomic E-state index is 3.16. The topological polar surface area (TPSA) is 15.3 Å². The quantitative estimate of drug-likeness (QED) is 0.792. The normalized spacial score (nSPS) is 12.5. The Morgan fingerprint density at radius 2 is 1.88 bits per heavy atom. The summed E-state index contributed by atoms with van der Waals surface area (Å²) >= 11 is 0. The molecule has 1 unspecified atom stereocenters.